The Labute approximate surface area is 166 Å². The first-order chi connectivity index (χ1) is 12.6. The molecule has 0 aromatic rings. The van der Waals surface area contributed by atoms with E-state index in [1.54, 1.807) is 38.0 Å². The number of hydrogen-bond acceptors (Lipinski definition) is 2. The molecule has 0 aromatic carbocycles. The Morgan fingerprint density at radius 2 is 1.56 bits per heavy atom. The number of carbonyl (C=O) groups excluding carboxylic acids is 2. The minimum Gasteiger partial charge on any atom is -0.349 e. The second kappa shape index (κ2) is 11.1. The predicted molar refractivity (Wildman–Crippen MR) is 113 cm³/mol. The molecule has 27 heavy (non-hydrogen) atoms. The van der Waals surface area contributed by atoms with Crippen LogP contribution in [0.25, 0.3) is 0 Å². The summed E-state index contributed by atoms with van der Waals surface area (Å²) in [7, 11) is 7.08. The lowest BCUT2D eigenvalue weighted by atomic mass is 9.77. The van der Waals surface area contributed by atoms with Crippen LogP contribution in [0.15, 0.2) is 34.9 Å². The summed E-state index contributed by atoms with van der Waals surface area (Å²) in [6.45, 7) is 6.46. The van der Waals surface area contributed by atoms with Gasteiger partial charge in [0.15, 0.2) is 0 Å². The van der Waals surface area contributed by atoms with Gasteiger partial charge >= 0.3 is 0 Å². The van der Waals surface area contributed by atoms with Crippen LogP contribution in [0.1, 0.15) is 59.3 Å². The Morgan fingerprint density at radius 1 is 0.963 bits per heavy atom. The van der Waals surface area contributed by atoms with Crippen molar-refractivity contribution in [3.8, 4) is 0 Å². The smallest absolute Gasteiger partial charge is 0.226 e. The Kier molecular flexibility index (Phi) is 9.54. The maximum Gasteiger partial charge on any atom is 0.226 e. The molecule has 0 radical (unpaired) electrons. The first-order valence-electron chi connectivity index (χ1n) is 10.0. The highest BCUT2D eigenvalue weighted by molar-refractivity contribution is 5.88. The minimum atomic E-state index is -0.238. The molecule has 4 nitrogen and oxygen atoms in total. The average molecular weight is 375 g/mol. The Balaban J connectivity index is 2.71. The first-order valence-corrected chi connectivity index (χ1v) is 10.0. The van der Waals surface area contributed by atoms with Gasteiger partial charge in [0.2, 0.25) is 11.8 Å². The topological polar surface area (TPSA) is 40.6 Å². The highest BCUT2D eigenvalue weighted by Crippen LogP contribution is 2.34. The summed E-state index contributed by atoms with van der Waals surface area (Å²) in [6, 6.07) is 0. The summed E-state index contributed by atoms with van der Waals surface area (Å²) in [5.74, 6) is -0.354. The van der Waals surface area contributed by atoms with Crippen molar-refractivity contribution in [2.45, 2.75) is 59.3 Å². The maximum atomic E-state index is 12.6. The summed E-state index contributed by atoms with van der Waals surface area (Å²) in [5.41, 5.74) is 4.10. The Bertz CT molecular complexity index is 608. The lowest BCUT2D eigenvalue weighted by molar-refractivity contribution is -0.143. The summed E-state index contributed by atoms with van der Waals surface area (Å²) < 4.78 is 0. The van der Waals surface area contributed by atoms with Gasteiger partial charge in [0, 0.05) is 28.2 Å². The van der Waals surface area contributed by atoms with Gasteiger partial charge in [-0.05, 0) is 59.3 Å². The number of nitrogens with zero attached hydrogens (tertiary/aromatic N) is 2. The van der Waals surface area contributed by atoms with E-state index in [1.807, 2.05) is 0 Å². The Morgan fingerprint density at radius 3 is 2.11 bits per heavy atom. The molecule has 0 N–H and O–H groups in total. The van der Waals surface area contributed by atoms with Crippen LogP contribution in [0, 0.1) is 11.8 Å². The summed E-state index contributed by atoms with van der Waals surface area (Å²) in [6.07, 6.45) is 12.3. The molecule has 0 spiro atoms. The molecule has 1 aliphatic carbocycles. The van der Waals surface area contributed by atoms with E-state index < -0.39 is 0 Å². The van der Waals surface area contributed by atoms with Gasteiger partial charge in [-0.15, -0.1) is 0 Å². The van der Waals surface area contributed by atoms with Gasteiger partial charge in [0.05, 0.1) is 11.8 Å². The highest BCUT2D eigenvalue weighted by Gasteiger charge is 2.37. The van der Waals surface area contributed by atoms with Crippen molar-refractivity contribution in [2.75, 3.05) is 28.2 Å². The standard InChI is InChI=1S/C23H38N2O2/c1-17(2)10-8-11-18(3)12-9-13-19-14-15-20(22(26)24(4)5)21(16-19)23(27)25(6)7/h10,12,14,20-21H,8-9,11,13,15-16H2,1-7H3. The van der Waals surface area contributed by atoms with Gasteiger partial charge in [-0.25, -0.2) is 0 Å². The van der Waals surface area contributed by atoms with Gasteiger partial charge in [-0.1, -0.05) is 34.9 Å². The van der Waals surface area contributed by atoms with Crippen LogP contribution >= 0.6 is 0 Å². The maximum absolute atomic E-state index is 12.6. The molecule has 0 fully saturated rings. The third-order valence-electron chi connectivity index (χ3n) is 5.19. The second-order valence-corrected chi connectivity index (χ2v) is 8.39. The van der Waals surface area contributed by atoms with Crippen molar-refractivity contribution >= 4 is 11.8 Å². The van der Waals surface area contributed by atoms with Gasteiger partial charge in [-0.3, -0.25) is 9.59 Å². The monoisotopic (exact) mass is 374 g/mol. The number of hydrogen-bond donors (Lipinski definition) is 0. The van der Waals surface area contributed by atoms with E-state index in [9.17, 15) is 9.59 Å². The lowest BCUT2D eigenvalue weighted by Crippen LogP contribution is -2.42. The van der Waals surface area contributed by atoms with Crippen LogP contribution < -0.4 is 0 Å². The van der Waals surface area contributed by atoms with Gasteiger partial charge < -0.3 is 9.80 Å². The van der Waals surface area contributed by atoms with Crippen molar-refractivity contribution < 1.29 is 9.59 Å². The third-order valence-corrected chi connectivity index (χ3v) is 5.19. The number of allylic oxidation sites excluding steroid dienone is 6. The van der Waals surface area contributed by atoms with Crippen molar-refractivity contribution in [2.24, 2.45) is 11.8 Å². The van der Waals surface area contributed by atoms with Gasteiger partial charge in [-0.2, -0.15) is 0 Å². The van der Waals surface area contributed by atoms with Crippen LogP contribution in [-0.4, -0.2) is 49.8 Å². The molecule has 2 unspecified atom stereocenters. The largest absolute Gasteiger partial charge is 0.349 e. The summed E-state index contributed by atoms with van der Waals surface area (Å²) in [5, 5.41) is 0. The minimum absolute atomic E-state index is 0.0560. The third kappa shape index (κ3) is 7.74. The van der Waals surface area contributed by atoms with Gasteiger partial charge in [0.25, 0.3) is 0 Å². The fourth-order valence-electron chi connectivity index (χ4n) is 3.56. The molecular formula is C23H38N2O2. The zero-order chi connectivity index (χ0) is 20.6. The van der Waals surface area contributed by atoms with Crippen molar-refractivity contribution in [1.29, 1.82) is 0 Å². The quantitative estimate of drug-likeness (QED) is 0.583. The van der Waals surface area contributed by atoms with E-state index in [0.717, 1.165) is 25.7 Å². The number of rotatable bonds is 8. The van der Waals surface area contributed by atoms with E-state index >= 15 is 0 Å². The molecule has 0 saturated carbocycles. The summed E-state index contributed by atoms with van der Waals surface area (Å²) in [4.78, 5) is 28.4. The lowest BCUT2D eigenvalue weighted by Gasteiger charge is -2.33. The fourth-order valence-corrected chi connectivity index (χ4v) is 3.56. The molecule has 2 atom stereocenters. The number of amides is 2. The normalized spacial score (nSPS) is 20.0. The van der Waals surface area contributed by atoms with Crippen molar-refractivity contribution in [3.63, 3.8) is 0 Å². The molecule has 0 heterocycles. The fraction of sp³-hybridized carbons (Fsp3) is 0.652. The van der Waals surface area contributed by atoms with E-state index in [4.69, 9.17) is 0 Å². The van der Waals surface area contributed by atoms with Crippen molar-refractivity contribution in [3.05, 3.63) is 34.9 Å². The van der Waals surface area contributed by atoms with Crippen LogP contribution in [0.2, 0.25) is 0 Å². The average Bonchev–Trinajstić information content (AvgIpc) is 2.59. The molecule has 0 aliphatic heterocycles. The van der Waals surface area contributed by atoms with Crippen LogP contribution in [0.5, 0.6) is 0 Å². The molecule has 0 saturated heterocycles. The van der Waals surface area contributed by atoms with Crippen molar-refractivity contribution in [1.82, 2.24) is 9.80 Å². The molecular weight excluding hydrogens is 336 g/mol. The molecule has 1 rings (SSSR count). The highest BCUT2D eigenvalue weighted by atomic mass is 16.2. The molecule has 0 bridgehead atoms. The Hall–Kier alpha value is -1.84. The van der Waals surface area contributed by atoms with E-state index in [1.165, 1.54) is 16.7 Å². The van der Waals surface area contributed by atoms with Crippen LogP contribution in [-0.2, 0) is 9.59 Å². The summed E-state index contributed by atoms with van der Waals surface area (Å²) >= 11 is 0. The predicted octanol–water partition coefficient (Wildman–Crippen LogP) is 4.59. The van der Waals surface area contributed by atoms with E-state index in [-0.39, 0.29) is 23.7 Å². The zero-order valence-electron chi connectivity index (χ0n) is 18.3. The van der Waals surface area contributed by atoms with Crippen LogP contribution in [0.4, 0.5) is 0 Å². The van der Waals surface area contributed by atoms with Crippen LogP contribution in [0.3, 0.4) is 0 Å². The molecule has 0 aromatic heterocycles. The first kappa shape index (κ1) is 23.2. The molecule has 1 aliphatic rings. The SMILES string of the molecule is CC(C)=CCCC(C)=CCCC1=CCC(C(=O)N(C)C)C(C(=O)N(C)C)C1. The zero-order valence-corrected chi connectivity index (χ0v) is 18.3. The molecule has 4 heteroatoms. The second-order valence-electron chi connectivity index (χ2n) is 8.39. The number of carbonyl (C=O) groups is 2. The van der Waals surface area contributed by atoms with E-state index in [2.05, 4.69) is 39.0 Å². The van der Waals surface area contributed by atoms with Gasteiger partial charge in [0.1, 0.15) is 0 Å². The molecule has 2 amide bonds. The van der Waals surface area contributed by atoms with E-state index in [0.29, 0.717) is 12.8 Å². The molecule has 152 valence electrons.